The normalized spacial score (nSPS) is 19.5. The van der Waals surface area contributed by atoms with Gasteiger partial charge in [0.15, 0.2) is 11.5 Å². The van der Waals surface area contributed by atoms with E-state index in [4.69, 9.17) is 30.8 Å². The molecule has 2 atom stereocenters. The molecule has 0 aliphatic carbocycles. The fourth-order valence-corrected chi connectivity index (χ4v) is 4.60. The van der Waals surface area contributed by atoms with Gasteiger partial charge >= 0.3 is 0 Å². The van der Waals surface area contributed by atoms with E-state index >= 15 is 0 Å². The second kappa shape index (κ2) is 8.65. The van der Waals surface area contributed by atoms with Crippen molar-refractivity contribution >= 4 is 33.2 Å². The fraction of sp³-hybridized carbons (Fsp3) is 0.208. The number of hydrogen-bond donors (Lipinski definition) is 2. The van der Waals surface area contributed by atoms with E-state index in [2.05, 4.69) is 21.2 Å². The molecule has 2 N–H and O–H groups in total. The maximum Gasteiger partial charge on any atom is 0.231 e. The maximum absolute atomic E-state index is 10.6. The molecular formula is C24H20BrClN2O4. The number of hydrogen-bond acceptors (Lipinski definition) is 6. The van der Waals surface area contributed by atoms with Crippen LogP contribution in [-0.4, -0.2) is 24.7 Å². The fourth-order valence-electron chi connectivity index (χ4n) is 4.04. The molecule has 0 saturated heterocycles. The van der Waals surface area contributed by atoms with Crippen LogP contribution in [-0.2, 0) is 0 Å². The number of halogens is 2. The molecule has 0 bridgehead atoms. The average molecular weight is 516 g/mol. The Hall–Kier alpha value is -2.74. The van der Waals surface area contributed by atoms with E-state index in [-0.39, 0.29) is 18.6 Å². The molecule has 32 heavy (non-hydrogen) atoms. The maximum atomic E-state index is 10.6. The summed E-state index contributed by atoms with van der Waals surface area (Å²) in [7, 11) is 1.64. The second-order valence-corrected chi connectivity index (χ2v) is 8.91. The zero-order valence-electron chi connectivity index (χ0n) is 17.1. The first-order valence-electron chi connectivity index (χ1n) is 10.1. The summed E-state index contributed by atoms with van der Waals surface area (Å²) >= 11 is 9.80. The highest BCUT2D eigenvalue weighted by Gasteiger charge is 2.30. The highest BCUT2D eigenvalue weighted by Crippen LogP contribution is 2.40. The van der Waals surface area contributed by atoms with Crippen LogP contribution >= 0.6 is 27.5 Å². The molecule has 164 valence electrons. The first kappa shape index (κ1) is 21.1. The molecule has 3 aromatic carbocycles. The molecule has 8 heteroatoms. The quantitative estimate of drug-likeness (QED) is 0.462. The van der Waals surface area contributed by atoms with Gasteiger partial charge in [-0.05, 0) is 60.2 Å². The van der Waals surface area contributed by atoms with Crippen molar-refractivity contribution in [3.05, 3.63) is 80.8 Å². The van der Waals surface area contributed by atoms with Crippen molar-refractivity contribution in [3.8, 4) is 23.0 Å². The number of benzene rings is 3. The van der Waals surface area contributed by atoms with Crippen molar-refractivity contribution in [3.63, 3.8) is 0 Å². The minimum Gasteiger partial charge on any atom is -0.508 e. The highest BCUT2D eigenvalue weighted by molar-refractivity contribution is 9.10. The van der Waals surface area contributed by atoms with Crippen molar-refractivity contribution in [2.24, 2.45) is 4.99 Å². The summed E-state index contributed by atoms with van der Waals surface area (Å²) in [5, 5.41) is 14.7. The Morgan fingerprint density at radius 1 is 1.06 bits per heavy atom. The van der Waals surface area contributed by atoms with Crippen molar-refractivity contribution in [2.45, 2.75) is 18.6 Å². The van der Waals surface area contributed by atoms with Gasteiger partial charge in [0.1, 0.15) is 17.7 Å². The van der Waals surface area contributed by atoms with Crippen LogP contribution in [0.15, 0.2) is 64.1 Å². The zero-order chi connectivity index (χ0) is 22.2. The monoisotopic (exact) mass is 514 g/mol. The SMILES string of the molecule is COc1ccc(Br)cc1[C@H]1N=C(c2ccc3c(c2)OCO3)C[C@H](c2cc(Cl)ccc2O)N1. The van der Waals surface area contributed by atoms with E-state index < -0.39 is 6.17 Å². The smallest absolute Gasteiger partial charge is 0.231 e. The third kappa shape index (κ3) is 4.03. The van der Waals surface area contributed by atoms with E-state index in [9.17, 15) is 5.11 Å². The van der Waals surface area contributed by atoms with Gasteiger partial charge in [-0.15, -0.1) is 0 Å². The topological polar surface area (TPSA) is 72.3 Å². The summed E-state index contributed by atoms with van der Waals surface area (Å²) in [6, 6.07) is 16.5. The summed E-state index contributed by atoms with van der Waals surface area (Å²) in [5.41, 5.74) is 3.40. The van der Waals surface area contributed by atoms with Crippen molar-refractivity contribution in [1.29, 1.82) is 0 Å². The number of aliphatic imine (C=N–C) groups is 1. The van der Waals surface area contributed by atoms with Gasteiger partial charge in [-0.2, -0.15) is 0 Å². The lowest BCUT2D eigenvalue weighted by atomic mass is 9.93. The Kier molecular flexibility index (Phi) is 5.71. The first-order chi connectivity index (χ1) is 15.5. The number of nitrogens with zero attached hydrogens (tertiary/aromatic N) is 1. The number of phenols is 1. The first-order valence-corrected chi connectivity index (χ1v) is 11.2. The number of phenolic OH excluding ortho intramolecular Hbond substituents is 1. The molecule has 2 aliphatic rings. The molecule has 2 aliphatic heterocycles. The van der Waals surface area contributed by atoms with Gasteiger partial charge in [0.2, 0.25) is 6.79 Å². The minimum absolute atomic E-state index is 0.179. The van der Waals surface area contributed by atoms with E-state index in [0.29, 0.717) is 22.8 Å². The van der Waals surface area contributed by atoms with Crippen molar-refractivity contribution < 1.29 is 19.3 Å². The standard InChI is InChI=1S/C24H20BrClN2O4/c1-30-21-7-3-14(25)9-17(21)24-27-18(13-2-6-22-23(8-13)32-12-31-22)11-19(28-24)16-10-15(26)4-5-20(16)29/h2-10,19,24,28-29H,11-12H2,1H3/t19-,24+/m1/s1. The number of methoxy groups -OCH3 is 1. The predicted octanol–water partition coefficient (Wildman–Crippen LogP) is 5.77. The van der Waals surface area contributed by atoms with Crippen LogP contribution in [0.2, 0.25) is 5.02 Å². The Labute approximate surface area is 198 Å². The molecular weight excluding hydrogens is 496 g/mol. The van der Waals surface area contributed by atoms with Crippen molar-refractivity contribution in [2.75, 3.05) is 13.9 Å². The Bertz CT molecular complexity index is 1220. The van der Waals surface area contributed by atoms with Crippen LogP contribution < -0.4 is 19.5 Å². The van der Waals surface area contributed by atoms with E-state index in [0.717, 1.165) is 32.8 Å². The van der Waals surface area contributed by atoms with Gasteiger partial charge < -0.3 is 19.3 Å². The molecule has 0 radical (unpaired) electrons. The molecule has 0 aromatic heterocycles. The molecule has 2 heterocycles. The van der Waals surface area contributed by atoms with Crippen LogP contribution in [0.5, 0.6) is 23.0 Å². The zero-order valence-corrected chi connectivity index (χ0v) is 19.5. The van der Waals surface area contributed by atoms with E-state index in [1.54, 1.807) is 25.3 Å². The summed E-state index contributed by atoms with van der Waals surface area (Å²) < 4.78 is 17.5. The molecule has 0 amide bonds. The van der Waals surface area contributed by atoms with Crippen LogP contribution in [0, 0.1) is 0 Å². The van der Waals surface area contributed by atoms with Gasteiger partial charge in [0.05, 0.1) is 7.11 Å². The molecule has 5 rings (SSSR count). The van der Waals surface area contributed by atoms with Crippen molar-refractivity contribution in [1.82, 2.24) is 5.32 Å². The van der Waals surface area contributed by atoms with Crippen LogP contribution in [0.25, 0.3) is 0 Å². The predicted molar refractivity (Wildman–Crippen MR) is 126 cm³/mol. The number of rotatable bonds is 4. The second-order valence-electron chi connectivity index (χ2n) is 7.56. The Balaban J connectivity index is 1.61. The molecule has 0 spiro atoms. The van der Waals surface area contributed by atoms with Crippen LogP contribution in [0.1, 0.15) is 35.3 Å². The third-order valence-corrected chi connectivity index (χ3v) is 6.33. The van der Waals surface area contributed by atoms with Gasteiger partial charge in [0.25, 0.3) is 0 Å². The summed E-state index contributed by atoms with van der Waals surface area (Å²) in [6.07, 6.45) is 0.153. The summed E-state index contributed by atoms with van der Waals surface area (Å²) in [4.78, 5) is 5.02. The minimum atomic E-state index is -0.403. The lowest BCUT2D eigenvalue weighted by molar-refractivity contribution is 0.174. The number of nitrogens with one attached hydrogen (secondary N) is 1. The van der Waals surface area contributed by atoms with Gasteiger partial charge in [-0.25, -0.2) is 0 Å². The molecule has 0 saturated carbocycles. The summed E-state index contributed by atoms with van der Waals surface area (Å²) in [5.74, 6) is 2.31. The van der Waals surface area contributed by atoms with Crippen LogP contribution in [0.3, 0.4) is 0 Å². The Morgan fingerprint density at radius 3 is 2.75 bits per heavy atom. The molecule has 6 nitrogen and oxygen atoms in total. The third-order valence-electron chi connectivity index (χ3n) is 5.60. The molecule has 3 aromatic rings. The Morgan fingerprint density at radius 2 is 1.91 bits per heavy atom. The van der Waals surface area contributed by atoms with Gasteiger partial charge in [-0.1, -0.05) is 27.5 Å². The summed E-state index contributed by atoms with van der Waals surface area (Å²) in [6.45, 7) is 0.212. The average Bonchev–Trinajstić information content (AvgIpc) is 3.28. The number of ether oxygens (including phenoxy) is 3. The molecule has 0 unspecified atom stereocenters. The largest absolute Gasteiger partial charge is 0.508 e. The lowest BCUT2D eigenvalue weighted by Crippen LogP contribution is -2.33. The number of aromatic hydroxyl groups is 1. The van der Waals surface area contributed by atoms with Gasteiger partial charge in [0, 0.05) is 38.8 Å². The van der Waals surface area contributed by atoms with E-state index in [1.807, 2.05) is 36.4 Å². The number of fused-ring (bicyclic) bond motifs is 1. The van der Waals surface area contributed by atoms with Crippen LogP contribution in [0.4, 0.5) is 0 Å². The highest BCUT2D eigenvalue weighted by atomic mass is 79.9. The lowest BCUT2D eigenvalue weighted by Gasteiger charge is -2.31. The van der Waals surface area contributed by atoms with Gasteiger partial charge in [-0.3, -0.25) is 10.3 Å². The molecule has 0 fully saturated rings. The van der Waals surface area contributed by atoms with E-state index in [1.165, 1.54) is 0 Å².